The molecule has 24 heavy (non-hydrogen) atoms. The van der Waals surface area contributed by atoms with E-state index < -0.39 is 0 Å². The van der Waals surface area contributed by atoms with Gasteiger partial charge in [-0.25, -0.2) is 0 Å². The molecule has 0 saturated carbocycles. The second kappa shape index (κ2) is 6.18. The molecule has 1 aromatic carbocycles. The van der Waals surface area contributed by atoms with Gasteiger partial charge in [-0.1, -0.05) is 29.8 Å². The van der Waals surface area contributed by atoms with E-state index in [0.29, 0.717) is 18.1 Å². The van der Waals surface area contributed by atoms with Crippen LogP contribution in [0, 0.1) is 0 Å². The summed E-state index contributed by atoms with van der Waals surface area (Å²) < 4.78 is 2.01. The maximum Gasteiger partial charge on any atom is 0.246 e. The topological polar surface area (TPSA) is 63.1 Å². The molecule has 2 aliphatic heterocycles. The van der Waals surface area contributed by atoms with Crippen molar-refractivity contribution in [2.75, 3.05) is 6.54 Å². The smallest absolute Gasteiger partial charge is 0.246 e. The van der Waals surface area contributed by atoms with Crippen molar-refractivity contribution in [1.29, 1.82) is 0 Å². The zero-order valence-corrected chi connectivity index (χ0v) is 14.3. The number of benzene rings is 1. The molecule has 1 fully saturated rings. The first kappa shape index (κ1) is 15.6. The molecule has 0 bridgehead atoms. The molecule has 1 unspecified atom stereocenters. The van der Waals surface area contributed by atoms with Crippen molar-refractivity contribution >= 4 is 17.5 Å². The number of carbonyl (C=O) groups excluding carboxylic acids is 1. The number of hydrogen-bond acceptors (Lipinski definition) is 4. The molecule has 7 heteroatoms. The molecule has 1 amide bonds. The van der Waals surface area contributed by atoms with E-state index in [9.17, 15) is 4.79 Å². The molecule has 4 rings (SSSR count). The molecule has 1 N–H and O–H groups in total. The van der Waals surface area contributed by atoms with E-state index in [0.717, 1.165) is 36.6 Å². The number of halogens is 1. The molecule has 0 radical (unpaired) electrons. The SMILES string of the molecule is C[C@H]1C(=O)N(Cc2ccccc2Cl)Cc2nnc(C3CCCN3)n21. The lowest BCUT2D eigenvalue weighted by Crippen LogP contribution is -2.42. The summed E-state index contributed by atoms with van der Waals surface area (Å²) in [6, 6.07) is 7.55. The molecule has 126 valence electrons. The zero-order chi connectivity index (χ0) is 16.7. The predicted octanol–water partition coefficient (Wildman–Crippen LogP) is 2.46. The third-order valence-corrected chi connectivity index (χ3v) is 5.24. The fourth-order valence-electron chi connectivity index (χ4n) is 3.60. The molecule has 2 aliphatic rings. The normalized spacial score (nSPS) is 23.6. The molecule has 0 aliphatic carbocycles. The van der Waals surface area contributed by atoms with Gasteiger partial charge in [-0.15, -0.1) is 10.2 Å². The first-order valence-corrected chi connectivity index (χ1v) is 8.72. The number of nitrogens with one attached hydrogen (secondary N) is 1. The summed E-state index contributed by atoms with van der Waals surface area (Å²) in [5, 5.41) is 12.8. The van der Waals surface area contributed by atoms with Crippen LogP contribution in [-0.2, 0) is 17.9 Å². The van der Waals surface area contributed by atoms with E-state index in [2.05, 4.69) is 15.5 Å². The summed E-state index contributed by atoms with van der Waals surface area (Å²) in [6.07, 6.45) is 2.18. The van der Waals surface area contributed by atoms with Crippen LogP contribution in [0.25, 0.3) is 0 Å². The second-order valence-corrected chi connectivity index (χ2v) is 6.86. The highest BCUT2D eigenvalue weighted by atomic mass is 35.5. The number of hydrogen-bond donors (Lipinski definition) is 1. The lowest BCUT2D eigenvalue weighted by atomic mass is 10.1. The highest BCUT2D eigenvalue weighted by Gasteiger charge is 2.35. The molecular weight excluding hydrogens is 326 g/mol. The van der Waals surface area contributed by atoms with Gasteiger partial charge in [-0.2, -0.15) is 0 Å². The minimum absolute atomic E-state index is 0.0847. The minimum atomic E-state index is -0.288. The van der Waals surface area contributed by atoms with Crippen LogP contribution in [0.5, 0.6) is 0 Å². The van der Waals surface area contributed by atoms with Crippen molar-refractivity contribution in [3.8, 4) is 0 Å². The Hall–Kier alpha value is -1.92. The van der Waals surface area contributed by atoms with Crippen LogP contribution >= 0.6 is 11.6 Å². The van der Waals surface area contributed by atoms with Gasteiger partial charge in [-0.05, 0) is 37.9 Å². The molecular formula is C17H20ClN5O. The van der Waals surface area contributed by atoms with Crippen LogP contribution in [0.3, 0.4) is 0 Å². The lowest BCUT2D eigenvalue weighted by molar-refractivity contribution is -0.137. The standard InChI is InChI=1S/C17H20ClN5O/c1-11-17(24)22(9-12-5-2-3-6-13(12)18)10-15-20-21-16(23(11)15)14-7-4-8-19-14/h2-3,5-6,11,14,19H,4,7-10H2,1H3/t11-,14?/m0/s1. The highest BCUT2D eigenvalue weighted by Crippen LogP contribution is 2.30. The van der Waals surface area contributed by atoms with Gasteiger partial charge >= 0.3 is 0 Å². The predicted molar refractivity (Wildman–Crippen MR) is 90.4 cm³/mol. The summed E-state index contributed by atoms with van der Waals surface area (Å²) in [4.78, 5) is 14.7. The highest BCUT2D eigenvalue weighted by molar-refractivity contribution is 6.31. The Morgan fingerprint density at radius 1 is 1.33 bits per heavy atom. The van der Waals surface area contributed by atoms with Gasteiger partial charge < -0.3 is 10.2 Å². The van der Waals surface area contributed by atoms with E-state index in [1.807, 2.05) is 40.7 Å². The summed E-state index contributed by atoms with van der Waals surface area (Å²) in [7, 11) is 0. The van der Waals surface area contributed by atoms with E-state index in [4.69, 9.17) is 11.6 Å². The molecule has 6 nitrogen and oxygen atoms in total. The average Bonchev–Trinajstić information content (AvgIpc) is 3.23. The van der Waals surface area contributed by atoms with Crippen LogP contribution in [0.1, 0.15) is 49.1 Å². The Morgan fingerprint density at radius 3 is 2.92 bits per heavy atom. The van der Waals surface area contributed by atoms with Crippen LogP contribution in [0.4, 0.5) is 0 Å². The van der Waals surface area contributed by atoms with Gasteiger partial charge in [0, 0.05) is 11.6 Å². The van der Waals surface area contributed by atoms with E-state index >= 15 is 0 Å². The van der Waals surface area contributed by atoms with Crippen LogP contribution < -0.4 is 5.32 Å². The minimum Gasteiger partial charge on any atom is -0.329 e. The van der Waals surface area contributed by atoms with Gasteiger partial charge in [0.15, 0.2) is 11.6 Å². The third-order valence-electron chi connectivity index (χ3n) is 4.87. The Labute approximate surface area is 145 Å². The van der Waals surface area contributed by atoms with Crippen molar-refractivity contribution < 1.29 is 4.79 Å². The quantitative estimate of drug-likeness (QED) is 0.928. The second-order valence-electron chi connectivity index (χ2n) is 6.46. The van der Waals surface area contributed by atoms with Gasteiger partial charge in [0.05, 0.1) is 12.6 Å². The number of rotatable bonds is 3. The number of aromatic nitrogens is 3. The molecule has 3 heterocycles. The first-order valence-electron chi connectivity index (χ1n) is 8.34. The monoisotopic (exact) mass is 345 g/mol. The maximum atomic E-state index is 12.9. The van der Waals surface area contributed by atoms with Crippen LogP contribution in [-0.4, -0.2) is 32.1 Å². The van der Waals surface area contributed by atoms with Crippen molar-refractivity contribution in [2.45, 2.75) is 44.9 Å². The van der Waals surface area contributed by atoms with Crippen molar-refractivity contribution in [3.05, 3.63) is 46.5 Å². The van der Waals surface area contributed by atoms with Crippen LogP contribution in [0.15, 0.2) is 24.3 Å². The lowest BCUT2D eigenvalue weighted by Gasteiger charge is -2.33. The molecule has 1 saturated heterocycles. The summed E-state index contributed by atoms with van der Waals surface area (Å²) in [5.74, 6) is 1.82. The fourth-order valence-corrected chi connectivity index (χ4v) is 3.79. The first-order chi connectivity index (χ1) is 11.6. The third kappa shape index (κ3) is 2.59. The van der Waals surface area contributed by atoms with Crippen molar-refractivity contribution in [2.24, 2.45) is 0 Å². The van der Waals surface area contributed by atoms with E-state index in [1.54, 1.807) is 0 Å². The van der Waals surface area contributed by atoms with E-state index in [1.165, 1.54) is 0 Å². The number of nitrogens with zero attached hydrogens (tertiary/aromatic N) is 4. The van der Waals surface area contributed by atoms with Gasteiger partial charge in [0.25, 0.3) is 0 Å². The average molecular weight is 346 g/mol. The van der Waals surface area contributed by atoms with Gasteiger partial charge in [0.2, 0.25) is 5.91 Å². The largest absolute Gasteiger partial charge is 0.329 e. The van der Waals surface area contributed by atoms with Gasteiger partial charge in [0.1, 0.15) is 6.04 Å². The van der Waals surface area contributed by atoms with Gasteiger partial charge in [-0.3, -0.25) is 9.36 Å². The molecule has 1 aromatic heterocycles. The maximum absolute atomic E-state index is 12.9. The Balaban J connectivity index is 1.61. The Kier molecular flexibility index (Phi) is 4.02. The fraction of sp³-hybridized carbons (Fsp3) is 0.471. The zero-order valence-electron chi connectivity index (χ0n) is 13.6. The summed E-state index contributed by atoms with van der Waals surface area (Å²) >= 11 is 6.24. The number of fused-ring (bicyclic) bond motifs is 1. The van der Waals surface area contributed by atoms with Crippen molar-refractivity contribution in [1.82, 2.24) is 25.0 Å². The van der Waals surface area contributed by atoms with Crippen LogP contribution in [0.2, 0.25) is 5.02 Å². The number of carbonyl (C=O) groups is 1. The Morgan fingerprint density at radius 2 is 2.17 bits per heavy atom. The number of amides is 1. The van der Waals surface area contributed by atoms with Crippen molar-refractivity contribution in [3.63, 3.8) is 0 Å². The molecule has 0 spiro atoms. The Bertz CT molecular complexity index is 768. The summed E-state index contributed by atoms with van der Waals surface area (Å²) in [6.45, 7) is 3.88. The van der Waals surface area contributed by atoms with E-state index in [-0.39, 0.29) is 18.0 Å². The molecule has 2 atom stereocenters. The summed E-state index contributed by atoms with van der Waals surface area (Å²) in [5.41, 5.74) is 0.949. The molecule has 2 aromatic rings.